The van der Waals surface area contributed by atoms with Gasteiger partial charge >= 0.3 is 6.03 Å². The van der Waals surface area contributed by atoms with Crippen molar-refractivity contribution in [2.75, 3.05) is 50.1 Å². The molecular weight excluding hydrogens is 396 g/mol. The van der Waals surface area contributed by atoms with Gasteiger partial charge in [0.15, 0.2) is 0 Å². The molecule has 0 aliphatic carbocycles. The molecule has 2 heterocycles. The van der Waals surface area contributed by atoms with Crippen LogP contribution in [0.1, 0.15) is 30.7 Å². The normalized spacial score (nSPS) is 19.9. The molecule has 2 aromatic rings. The zero-order valence-corrected chi connectivity index (χ0v) is 18.6. The van der Waals surface area contributed by atoms with E-state index in [1.807, 2.05) is 31.1 Å². The highest BCUT2D eigenvalue weighted by molar-refractivity contribution is 6.30. The van der Waals surface area contributed by atoms with E-state index in [9.17, 15) is 4.79 Å². The largest absolute Gasteiger partial charge is 0.370 e. The number of hydrogen-bond acceptors (Lipinski definition) is 3. The quantitative estimate of drug-likeness (QED) is 0.778. The van der Waals surface area contributed by atoms with Crippen molar-refractivity contribution in [1.82, 2.24) is 10.2 Å². The maximum absolute atomic E-state index is 13.0. The van der Waals surface area contributed by atoms with Gasteiger partial charge in [0.05, 0.1) is 0 Å². The molecule has 5 nitrogen and oxygen atoms in total. The smallest absolute Gasteiger partial charge is 0.324 e. The van der Waals surface area contributed by atoms with E-state index in [1.165, 1.54) is 17.7 Å². The van der Waals surface area contributed by atoms with Crippen LogP contribution >= 0.6 is 11.6 Å². The van der Waals surface area contributed by atoms with Crippen LogP contribution in [0.2, 0.25) is 5.02 Å². The lowest BCUT2D eigenvalue weighted by Crippen LogP contribution is -2.45. The summed E-state index contributed by atoms with van der Waals surface area (Å²) in [6.07, 6.45) is 3.14. The summed E-state index contributed by atoms with van der Waals surface area (Å²) in [6.45, 7) is 3.68. The molecule has 0 spiro atoms. The number of likely N-dealkylation sites (tertiary alicyclic amines) is 1. The summed E-state index contributed by atoms with van der Waals surface area (Å²) in [5.41, 5.74) is 3.48. The number of nitrogens with one attached hydrogen (secondary N) is 1. The number of carbonyl (C=O) groups is 1. The lowest BCUT2D eigenvalue weighted by molar-refractivity contribution is 0.189. The fourth-order valence-electron chi connectivity index (χ4n) is 4.58. The number of rotatable bonds is 4. The predicted octanol–water partition coefficient (Wildman–Crippen LogP) is 4.57. The number of anilines is 2. The van der Waals surface area contributed by atoms with Crippen LogP contribution < -0.4 is 15.1 Å². The van der Waals surface area contributed by atoms with Crippen LogP contribution in [-0.2, 0) is 0 Å². The van der Waals surface area contributed by atoms with E-state index in [4.69, 9.17) is 11.6 Å². The van der Waals surface area contributed by atoms with Crippen molar-refractivity contribution >= 4 is 29.0 Å². The van der Waals surface area contributed by atoms with Crippen LogP contribution in [0.3, 0.4) is 0 Å². The molecule has 0 bridgehead atoms. The first-order valence-electron chi connectivity index (χ1n) is 10.9. The van der Waals surface area contributed by atoms with Gasteiger partial charge in [0, 0.05) is 55.7 Å². The van der Waals surface area contributed by atoms with Crippen LogP contribution in [0.15, 0.2) is 48.5 Å². The van der Waals surface area contributed by atoms with Crippen LogP contribution in [0.4, 0.5) is 16.2 Å². The van der Waals surface area contributed by atoms with E-state index in [1.54, 1.807) is 4.90 Å². The maximum Gasteiger partial charge on any atom is 0.324 e. The lowest BCUT2D eigenvalue weighted by atomic mass is 9.89. The SMILES string of the molecule is CNC1CCN(c2ccc(N(C)C(=O)N3CCC(c4ccc(Cl)cc4)CC3)cc2)C1. The van der Waals surface area contributed by atoms with E-state index in [0.717, 1.165) is 49.7 Å². The van der Waals surface area contributed by atoms with Crippen molar-refractivity contribution in [2.45, 2.75) is 31.2 Å². The second kappa shape index (κ2) is 9.27. The Morgan fingerprint density at radius 1 is 1.00 bits per heavy atom. The van der Waals surface area contributed by atoms with Crippen molar-refractivity contribution in [2.24, 2.45) is 0 Å². The molecule has 2 fully saturated rings. The highest BCUT2D eigenvalue weighted by Gasteiger charge is 2.26. The van der Waals surface area contributed by atoms with Gasteiger partial charge in [0.25, 0.3) is 0 Å². The Morgan fingerprint density at radius 3 is 2.27 bits per heavy atom. The molecule has 0 aromatic heterocycles. The molecule has 0 saturated carbocycles. The number of urea groups is 1. The number of nitrogens with zero attached hydrogens (tertiary/aromatic N) is 3. The Bertz CT molecular complexity index is 847. The third kappa shape index (κ3) is 4.57. The van der Waals surface area contributed by atoms with E-state index in [0.29, 0.717) is 12.0 Å². The Morgan fingerprint density at radius 2 is 1.67 bits per heavy atom. The molecule has 1 N–H and O–H groups in total. The van der Waals surface area contributed by atoms with E-state index < -0.39 is 0 Å². The topological polar surface area (TPSA) is 38.8 Å². The highest BCUT2D eigenvalue weighted by Crippen LogP contribution is 2.30. The van der Waals surface area contributed by atoms with Crippen LogP contribution in [-0.4, -0.2) is 57.2 Å². The van der Waals surface area contributed by atoms with Gasteiger partial charge in [-0.05, 0) is 74.2 Å². The first-order valence-corrected chi connectivity index (χ1v) is 11.2. The number of halogens is 1. The minimum atomic E-state index is 0.0775. The summed E-state index contributed by atoms with van der Waals surface area (Å²) in [5.74, 6) is 0.498. The van der Waals surface area contributed by atoms with Gasteiger partial charge in [-0.2, -0.15) is 0 Å². The molecule has 1 unspecified atom stereocenters. The monoisotopic (exact) mass is 426 g/mol. The highest BCUT2D eigenvalue weighted by atomic mass is 35.5. The summed E-state index contributed by atoms with van der Waals surface area (Å²) >= 11 is 6.00. The van der Waals surface area contributed by atoms with Gasteiger partial charge in [-0.1, -0.05) is 23.7 Å². The maximum atomic E-state index is 13.0. The summed E-state index contributed by atoms with van der Waals surface area (Å²) in [4.78, 5) is 19.2. The van der Waals surface area contributed by atoms with Crippen molar-refractivity contribution in [3.05, 3.63) is 59.1 Å². The lowest BCUT2D eigenvalue weighted by Gasteiger charge is -2.35. The van der Waals surface area contributed by atoms with Gasteiger partial charge < -0.3 is 15.1 Å². The zero-order chi connectivity index (χ0) is 21.1. The van der Waals surface area contributed by atoms with Crippen molar-refractivity contribution < 1.29 is 4.79 Å². The Hall–Kier alpha value is -2.24. The molecule has 160 valence electrons. The van der Waals surface area contributed by atoms with Crippen LogP contribution in [0, 0.1) is 0 Å². The minimum Gasteiger partial charge on any atom is -0.370 e. The fraction of sp³-hybridized carbons (Fsp3) is 0.458. The summed E-state index contributed by atoms with van der Waals surface area (Å²) in [7, 11) is 3.89. The molecule has 0 radical (unpaired) electrons. The molecule has 30 heavy (non-hydrogen) atoms. The second-order valence-electron chi connectivity index (χ2n) is 8.39. The molecule has 2 aliphatic heterocycles. The van der Waals surface area contributed by atoms with Crippen molar-refractivity contribution in [3.8, 4) is 0 Å². The molecule has 6 heteroatoms. The molecule has 2 aromatic carbocycles. The summed E-state index contributed by atoms with van der Waals surface area (Å²) in [6, 6.07) is 17.1. The Labute approximate surface area is 184 Å². The number of piperidine rings is 1. The van der Waals surface area contributed by atoms with E-state index in [2.05, 4.69) is 46.6 Å². The number of hydrogen-bond donors (Lipinski definition) is 1. The Kier molecular flexibility index (Phi) is 6.49. The number of amides is 2. The third-order valence-electron chi connectivity index (χ3n) is 6.59. The van der Waals surface area contributed by atoms with Gasteiger partial charge in [0.1, 0.15) is 0 Å². The molecule has 2 saturated heterocycles. The molecule has 1 atom stereocenters. The van der Waals surface area contributed by atoms with E-state index >= 15 is 0 Å². The Balaban J connectivity index is 1.33. The average molecular weight is 427 g/mol. The van der Waals surface area contributed by atoms with Crippen molar-refractivity contribution in [1.29, 1.82) is 0 Å². The fourth-order valence-corrected chi connectivity index (χ4v) is 4.71. The molecule has 4 rings (SSSR count). The van der Waals surface area contributed by atoms with Crippen LogP contribution in [0.25, 0.3) is 0 Å². The predicted molar refractivity (Wildman–Crippen MR) is 125 cm³/mol. The minimum absolute atomic E-state index is 0.0775. The number of benzene rings is 2. The third-order valence-corrected chi connectivity index (χ3v) is 6.84. The van der Waals surface area contributed by atoms with Gasteiger partial charge in [-0.25, -0.2) is 4.79 Å². The van der Waals surface area contributed by atoms with E-state index in [-0.39, 0.29) is 6.03 Å². The van der Waals surface area contributed by atoms with Gasteiger partial charge in [-0.3, -0.25) is 4.90 Å². The summed E-state index contributed by atoms with van der Waals surface area (Å²) in [5, 5.41) is 4.12. The summed E-state index contributed by atoms with van der Waals surface area (Å²) < 4.78 is 0. The van der Waals surface area contributed by atoms with Gasteiger partial charge in [-0.15, -0.1) is 0 Å². The number of carbonyl (C=O) groups excluding carboxylic acids is 1. The van der Waals surface area contributed by atoms with Gasteiger partial charge in [0.2, 0.25) is 0 Å². The number of likely N-dealkylation sites (N-methyl/N-ethyl adjacent to an activating group) is 1. The molecule has 2 amide bonds. The average Bonchev–Trinajstić information content (AvgIpc) is 3.28. The van der Waals surface area contributed by atoms with Crippen molar-refractivity contribution in [3.63, 3.8) is 0 Å². The molecular formula is C24H31ClN4O. The molecule has 2 aliphatic rings. The second-order valence-corrected chi connectivity index (χ2v) is 8.83. The van der Waals surface area contributed by atoms with Crippen LogP contribution in [0.5, 0.6) is 0 Å². The first kappa shape index (κ1) is 21.0. The first-order chi connectivity index (χ1) is 14.5. The zero-order valence-electron chi connectivity index (χ0n) is 17.9. The standard InChI is InChI=1S/C24H31ClN4O/c1-26-21-13-16-29(17-21)23-9-7-22(8-10-23)27(2)24(30)28-14-11-19(12-15-28)18-3-5-20(25)6-4-18/h3-10,19,21,26H,11-17H2,1-2H3.